The summed E-state index contributed by atoms with van der Waals surface area (Å²) in [5.74, 6) is 1.01. The first kappa shape index (κ1) is 14.5. The van der Waals surface area contributed by atoms with Gasteiger partial charge in [-0.05, 0) is 26.2 Å². The van der Waals surface area contributed by atoms with Crippen molar-refractivity contribution in [3.05, 3.63) is 0 Å². The Morgan fingerprint density at radius 1 is 1.29 bits per heavy atom. The molecule has 1 rings (SSSR count). The zero-order valence-electron chi connectivity index (χ0n) is 11.7. The first-order valence-electron chi connectivity index (χ1n) is 6.91. The standard InChI is InChI=1S/C14H28N2O/c1-14(2,15)11-13(17)16(3)10-9-12-7-5-4-6-8-12/h12H,4-11,15H2,1-3H3. The van der Waals surface area contributed by atoms with E-state index in [2.05, 4.69) is 0 Å². The lowest BCUT2D eigenvalue weighted by Gasteiger charge is -2.26. The fraction of sp³-hybridized carbons (Fsp3) is 0.929. The average Bonchev–Trinajstić information content (AvgIpc) is 2.25. The second kappa shape index (κ2) is 6.39. The van der Waals surface area contributed by atoms with Crippen molar-refractivity contribution in [2.24, 2.45) is 11.7 Å². The molecule has 0 atom stereocenters. The van der Waals surface area contributed by atoms with Crippen LogP contribution in [-0.2, 0) is 4.79 Å². The van der Waals surface area contributed by atoms with E-state index in [0.717, 1.165) is 18.9 Å². The van der Waals surface area contributed by atoms with Gasteiger partial charge >= 0.3 is 0 Å². The molecule has 0 aromatic carbocycles. The Morgan fingerprint density at radius 3 is 2.41 bits per heavy atom. The lowest BCUT2D eigenvalue weighted by molar-refractivity contribution is -0.131. The highest BCUT2D eigenvalue weighted by atomic mass is 16.2. The summed E-state index contributed by atoms with van der Waals surface area (Å²) in [6, 6.07) is 0. The van der Waals surface area contributed by atoms with E-state index in [0.29, 0.717) is 6.42 Å². The summed E-state index contributed by atoms with van der Waals surface area (Å²) in [6.07, 6.45) is 8.44. The van der Waals surface area contributed by atoms with Gasteiger partial charge in [-0.1, -0.05) is 32.1 Å². The minimum Gasteiger partial charge on any atom is -0.346 e. The summed E-state index contributed by atoms with van der Waals surface area (Å²) in [4.78, 5) is 13.7. The van der Waals surface area contributed by atoms with Crippen LogP contribution in [0.5, 0.6) is 0 Å². The lowest BCUT2D eigenvalue weighted by atomic mass is 9.87. The number of carbonyl (C=O) groups excluding carboxylic acids is 1. The van der Waals surface area contributed by atoms with Crippen molar-refractivity contribution in [3.63, 3.8) is 0 Å². The van der Waals surface area contributed by atoms with Crippen LogP contribution in [0.1, 0.15) is 58.8 Å². The quantitative estimate of drug-likeness (QED) is 0.802. The van der Waals surface area contributed by atoms with E-state index < -0.39 is 5.54 Å². The van der Waals surface area contributed by atoms with Crippen LogP contribution in [0.4, 0.5) is 0 Å². The van der Waals surface area contributed by atoms with Gasteiger partial charge in [0.25, 0.3) is 0 Å². The lowest BCUT2D eigenvalue weighted by Crippen LogP contribution is -2.40. The third-order valence-corrected chi connectivity index (χ3v) is 3.63. The maximum atomic E-state index is 11.9. The van der Waals surface area contributed by atoms with E-state index >= 15 is 0 Å². The molecule has 0 aromatic heterocycles. The van der Waals surface area contributed by atoms with E-state index in [4.69, 9.17) is 5.73 Å². The van der Waals surface area contributed by atoms with Crippen molar-refractivity contribution in [2.45, 2.75) is 64.3 Å². The van der Waals surface area contributed by atoms with E-state index in [1.54, 1.807) is 0 Å². The Bertz CT molecular complexity index is 239. The van der Waals surface area contributed by atoms with Crippen LogP contribution in [0.3, 0.4) is 0 Å². The van der Waals surface area contributed by atoms with Gasteiger partial charge in [0.05, 0.1) is 0 Å². The zero-order valence-corrected chi connectivity index (χ0v) is 11.7. The van der Waals surface area contributed by atoms with Crippen molar-refractivity contribution in [1.82, 2.24) is 4.90 Å². The minimum atomic E-state index is -0.393. The molecular weight excluding hydrogens is 212 g/mol. The van der Waals surface area contributed by atoms with Gasteiger partial charge in [0.2, 0.25) is 5.91 Å². The highest BCUT2D eigenvalue weighted by molar-refractivity contribution is 5.76. The van der Waals surface area contributed by atoms with Gasteiger partial charge in [-0.25, -0.2) is 0 Å². The fourth-order valence-electron chi connectivity index (χ4n) is 2.50. The van der Waals surface area contributed by atoms with Crippen molar-refractivity contribution in [1.29, 1.82) is 0 Å². The molecule has 17 heavy (non-hydrogen) atoms. The Morgan fingerprint density at radius 2 is 1.88 bits per heavy atom. The van der Waals surface area contributed by atoms with Crippen molar-refractivity contribution in [2.75, 3.05) is 13.6 Å². The van der Waals surface area contributed by atoms with Crippen LogP contribution >= 0.6 is 0 Å². The van der Waals surface area contributed by atoms with Gasteiger partial charge in [-0.3, -0.25) is 4.79 Å². The van der Waals surface area contributed by atoms with Gasteiger partial charge in [0, 0.05) is 25.6 Å². The summed E-state index contributed by atoms with van der Waals surface area (Å²) < 4.78 is 0. The molecule has 2 N–H and O–H groups in total. The van der Waals surface area contributed by atoms with E-state index in [1.165, 1.54) is 32.1 Å². The molecule has 100 valence electrons. The van der Waals surface area contributed by atoms with Crippen LogP contribution in [0.15, 0.2) is 0 Å². The van der Waals surface area contributed by atoms with Crippen LogP contribution < -0.4 is 5.73 Å². The van der Waals surface area contributed by atoms with E-state index in [-0.39, 0.29) is 5.91 Å². The van der Waals surface area contributed by atoms with Crippen LogP contribution in [0, 0.1) is 5.92 Å². The highest BCUT2D eigenvalue weighted by Gasteiger charge is 2.20. The van der Waals surface area contributed by atoms with Gasteiger partial charge in [-0.15, -0.1) is 0 Å². The summed E-state index contributed by atoms with van der Waals surface area (Å²) in [5, 5.41) is 0. The monoisotopic (exact) mass is 240 g/mol. The second-order valence-electron chi connectivity index (χ2n) is 6.27. The third kappa shape index (κ3) is 6.06. The topological polar surface area (TPSA) is 46.3 Å². The van der Waals surface area contributed by atoms with Gasteiger partial charge in [0.1, 0.15) is 0 Å². The molecule has 1 aliphatic rings. The summed E-state index contributed by atoms with van der Waals surface area (Å²) >= 11 is 0. The number of hydrogen-bond donors (Lipinski definition) is 1. The molecule has 0 spiro atoms. The van der Waals surface area contributed by atoms with Crippen molar-refractivity contribution in [3.8, 4) is 0 Å². The molecule has 3 heteroatoms. The second-order valence-corrected chi connectivity index (χ2v) is 6.27. The van der Waals surface area contributed by atoms with Crippen molar-refractivity contribution < 1.29 is 4.79 Å². The Hall–Kier alpha value is -0.570. The van der Waals surface area contributed by atoms with Gasteiger partial charge in [-0.2, -0.15) is 0 Å². The predicted molar refractivity (Wildman–Crippen MR) is 71.7 cm³/mol. The Kier molecular flexibility index (Phi) is 5.44. The Labute approximate surface area is 106 Å². The molecule has 0 bridgehead atoms. The third-order valence-electron chi connectivity index (χ3n) is 3.63. The number of nitrogens with two attached hydrogens (primary N) is 1. The zero-order chi connectivity index (χ0) is 12.9. The van der Waals surface area contributed by atoms with Gasteiger partial charge < -0.3 is 10.6 Å². The molecule has 0 aliphatic heterocycles. The van der Waals surface area contributed by atoms with E-state index in [1.807, 2.05) is 25.8 Å². The SMILES string of the molecule is CN(CCC1CCCCC1)C(=O)CC(C)(C)N. The summed E-state index contributed by atoms with van der Waals surface area (Å²) in [7, 11) is 1.90. The number of nitrogens with zero attached hydrogens (tertiary/aromatic N) is 1. The maximum Gasteiger partial charge on any atom is 0.224 e. The molecule has 0 radical (unpaired) electrons. The predicted octanol–water partition coefficient (Wildman–Crippen LogP) is 2.54. The molecule has 0 heterocycles. The summed E-state index contributed by atoms with van der Waals surface area (Å²) in [5.41, 5.74) is 5.47. The minimum absolute atomic E-state index is 0.174. The molecule has 1 aliphatic carbocycles. The fourth-order valence-corrected chi connectivity index (χ4v) is 2.50. The number of amides is 1. The normalized spacial score (nSPS) is 18.1. The Balaban J connectivity index is 2.23. The molecule has 0 unspecified atom stereocenters. The first-order valence-corrected chi connectivity index (χ1v) is 6.91. The maximum absolute atomic E-state index is 11.9. The summed E-state index contributed by atoms with van der Waals surface area (Å²) in [6.45, 7) is 4.69. The highest BCUT2D eigenvalue weighted by Crippen LogP contribution is 2.26. The number of carbonyl (C=O) groups is 1. The molecule has 0 saturated heterocycles. The van der Waals surface area contributed by atoms with Gasteiger partial charge in [0.15, 0.2) is 0 Å². The molecule has 3 nitrogen and oxygen atoms in total. The molecule has 1 saturated carbocycles. The van der Waals surface area contributed by atoms with Crippen molar-refractivity contribution >= 4 is 5.91 Å². The average molecular weight is 240 g/mol. The molecule has 1 amide bonds. The largest absolute Gasteiger partial charge is 0.346 e. The van der Waals surface area contributed by atoms with E-state index in [9.17, 15) is 4.79 Å². The smallest absolute Gasteiger partial charge is 0.224 e. The van der Waals surface area contributed by atoms with Crippen LogP contribution in [0.2, 0.25) is 0 Å². The molecule has 0 aromatic rings. The van der Waals surface area contributed by atoms with Crippen LogP contribution in [-0.4, -0.2) is 29.9 Å². The van der Waals surface area contributed by atoms with Crippen LogP contribution in [0.25, 0.3) is 0 Å². The molecular formula is C14H28N2O. The number of rotatable bonds is 5. The number of hydrogen-bond acceptors (Lipinski definition) is 2. The molecule has 1 fully saturated rings. The first-order chi connectivity index (χ1) is 7.88.